The van der Waals surface area contributed by atoms with Crippen molar-refractivity contribution in [1.29, 1.82) is 0 Å². The van der Waals surface area contributed by atoms with E-state index in [0.29, 0.717) is 11.1 Å². The summed E-state index contributed by atoms with van der Waals surface area (Å²) in [4.78, 5) is 26.1. The fourth-order valence-electron chi connectivity index (χ4n) is 2.30. The molecule has 0 fully saturated rings. The van der Waals surface area contributed by atoms with E-state index in [0.717, 1.165) is 11.1 Å². The van der Waals surface area contributed by atoms with Crippen molar-refractivity contribution in [3.63, 3.8) is 0 Å². The second-order valence-corrected chi connectivity index (χ2v) is 5.59. The van der Waals surface area contributed by atoms with Crippen molar-refractivity contribution in [2.75, 3.05) is 25.6 Å². The number of hydrogen-bond donors (Lipinski definition) is 0. The summed E-state index contributed by atoms with van der Waals surface area (Å²) in [6.45, 7) is -0.353. The Hall–Kier alpha value is -3.08. The zero-order chi connectivity index (χ0) is 17.1. The molecular weight excluding hydrogens is 306 g/mol. The highest BCUT2D eigenvalue weighted by Crippen LogP contribution is 2.19. The number of rotatable bonds is 5. The van der Waals surface area contributed by atoms with Crippen LogP contribution in [0.5, 0.6) is 0 Å². The minimum Gasteiger partial charge on any atom is -0.454 e. The van der Waals surface area contributed by atoms with E-state index in [1.807, 2.05) is 49.3 Å². The summed E-state index contributed by atoms with van der Waals surface area (Å²) in [6, 6.07) is 16.0. The van der Waals surface area contributed by atoms with Gasteiger partial charge >= 0.3 is 5.97 Å². The SMILES string of the molecule is CN(C)c1ccc(C(=O)OCC(=O)c2cc3ccccc3o2)cc1. The lowest BCUT2D eigenvalue weighted by molar-refractivity contribution is 0.0468. The van der Waals surface area contributed by atoms with Crippen molar-refractivity contribution in [3.05, 3.63) is 65.9 Å². The number of esters is 1. The van der Waals surface area contributed by atoms with Crippen LogP contribution in [0, 0.1) is 0 Å². The van der Waals surface area contributed by atoms with Crippen molar-refractivity contribution < 1.29 is 18.7 Å². The molecule has 24 heavy (non-hydrogen) atoms. The highest BCUT2D eigenvalue weighted by Gasteiger charge is 2.15. The number of benzene rings is 2. The minimum atomic E-state index is -0.537. The van der Waals surface area contributed by atoms with Gasteiger partial charge in [-0.25, -0.2) is 4.79 Å². The number of ether oxygens (including phenoxy) is 1. The minimum absolute atomic E-state index is 0.187. The molecule has 0 bridgehead atoms. The van der Waals surface area contributed by atoms with Crippen LogP contribution in [0.4, 0.5) is 5.69 Å². The van der Waals surface area contributed by atoms with Crippen LogP contribution in [0.25, 0.3) is 11.0 Å². The molecule has 0 atom stereocenters. The average molecular weight is 323 g/mol. The van der Waals surface area contributed by atoms with Gasteiger partial charge in [0.2, 0.25) is 5.78 Å². The number of nitrogens with zero attached hydrogens (tertiary/aromatic N) is 1. The molecule has 0 amide bonds. The van der Waals surface area contributed by atoms with E-state index in [2.05, 4.69) is 0 Å². The molecule has 0 saturated carbocycles. The topological polar surface area (TPSA) is 59.8 Å². The zero-order valence-corrected chi connectivity index (χ0v) is 13.5. The number of Topliss-reactive ketones (excluding diaryl/α,β-unsaturated/α-hetero) is 1. The molecular formula is C19H17NO4. The van der Waals surface area contributed by atoms with Gasteiger partial charge in [-0.15, -0.1) is 0 Å². The lowest BCUT2D eigenvalue weighted by Gasteiger charge is -2.12. The Labute approximate surface area is 139 Å². The largest absolute Gasteiger partial charge is 0.454 e. The van der Waals surface area contributed by atoms with Crippen LogP contribution in [-0.4, -0.2) is 32.5 Å². The molecule has 1 aromatic heterocycles. The second-order valence-electron chi connectivity index (χ2n) is 5.59. The zero-order valence-electron chi connectivity index (χ0n) is 13.5. The standard InChI is InChI=1S/C19H17NO4/c1-20(2)15-9-7-13(8-10-15)19(22)23-12-16(21)18-11-14-5-3-4-6-17(14)24-18/h3-11H,12H2,1-2H3. The first-order valence-corrected chi connectivity index (χ1v) is 7.51. The Balaban J connectivity index is 1.64. The van der Waals surface area contributed by atoms with Gasteiger partial charge in [-0.2, -0.15) is 0 Å². The number of carbonyl (C=O) groups excluding carboxylic acids is 2. The summed E-state index contributed by atoms with van der Waals surface area (Å²) in [5.74, 6) is -0.721. The predicted octanol–water partition coefficient (Wildman–Crippen LogP) is 3.54. The Morgan fingerprint density at radius 3 is 2.42 bits per heavy atom. The van der Waals surface area contributed by atoms with Gasteiger partial charge in [-0.1, -0.05) is 18.2 Å². The summed E-state index contributed by atoms with van der Waals surface area (Å²) in [6.07, 6.45) is 0. The molecule has 3 rings (SSSR count). The maximum absolute atomic E-state index is 12.1. The van der Waals surface area contributed by atoms with Gasteiger partial charge in [-0.05, 0) is 36.4 Å². The Kier molecular flexibility index (Phi) is 4.33. The lowest BCUT2D eigenvalue weighted by Crippen LogP contribution is -2.14. The molecule has 5 heteroatoms. The van der Waals surface area contributed by atoms with E-state index in [1.165, 1.54) is 0 Å². The summed E-state index contributed by atoms with van der Waals surface area (Å²) >= 11 is 0. The molecule has 0 saturated heterocycles. The molecule has 2 aromatic carbocycles. The maximum atomic E-state index is 12.1. The number of carbonyl (C=O) groups is 2. The number of anilines is 1. The molecule has 0 radical (unpaired) electrons. The third-order valence-corrected chi connectivity index (χ3v) is 3.65. The molecule has 0 aliphatic rings. The fraction of sp³-hybridized carbons (Fsp3) is 0.158. The summed E-state index contributed by atoms with van der Waals surface area (Å²) in [5.41, 5.74) is 2.01. The van der Waals surface area contributed by atoms with Gasteiger partial charge < -0.3 is 14.1 Å². The second kappa shape index (κ2) is 6.58. The molecule has 0 N–H and O–H groups in total. The Morgan fingerprint density at radius 2 is 1.75 bits per heavy atom. The van der Waals surface area contributed by atoms with E-state index in [9.17, 15) is 9.59 Å². The van der Waals surface area contributed by atoms with Crippen LogP contribution in [0.2, 0.25) is 0 Å². The quantitative estimate of drug-likeness (QED) is 0.531. The Bertz CT molecular complexity index is 845. The smallest absolute Gasteiger partial charge is 0.338 e. The van der Waals surface area contributed by atoms with Crippen LogP contribution < -0.4 is 4.90 Å². The molecule has 0 aliphatic carbocycles. The van der Waals surface area contributed by atoms with Gasteiger partial charge in [-0.3, -0.25) is 4.79 Å². The highest BCUT2D eigenvalue weighted by atomic mass is 16.5. The number of ketones is 1. The van der Waals surface area contributed by atoms with E-state index in [1.54, 1.807) is 24.3 Å². The number of hydrogen-bond acceptors (Lipinski definition) is 5. The number of fused-ring (bicyclic) bond motifs is 1. The number of para-hydroxylation sites is 1. The van der Waals surface area contributed by atoms with Gasteiger partial charge in [0, 0.05) is 25.2 Å². The molecule has 1 heterocycles. The van der Waals surface area contributed by atoms with Crippen LogP contribution >= 0.6 is 0 Å². The molecule has 0 spiro atoms. The average Bonchev–Trinajstić information content (AvgIpc) is 3.03. The Morgan fingerprint density at radius 1 is 1.04 bits per heavy atom. The maximum Gasteiger partial charge on any atom is 0.338 e. The van der Waals surface area contributed by atoms with Crippen molar-refractivity contribution in [2.45, 2.75) is 0 Å². The van der Waals surface area contributed by atoms with E-state index in [4.69, 9.17) is 9.15 Å². The highest BCUT2D eigenvalue weighted by molar-refractivity contribution is 6.00. The van der Waals surface area contributed by atoms with E-state index in [-0.39, 0.29) is 18.2 Å². The first kappa shape index (κ1) is 15.8. The van der Waals surface area contributed by atoms with Gasteiger partial charge in [0.05, 0.1) is 5.56 Å². The number of furan rings is 1. The van der Waals surface area contributed by atoms with Crippen molar-refractivity contribution in [3.8, 4) is 0 Å². The third-order valence-electron chi connectivity index (χ3n) is 3.65. The summed E-state index contributed by atoms with van der Waals surface area (Å²) in [7, 11) is 3.83. The van der Waals surface area contributed by atoms with Crippen LogP contribution in [0.3, 0.4) is 0 Å². The molecule has 0 aliphatic heterocycles. The fourth-order valence-corrected chi connectivity index (χ4v) is 2.30. The van der Waals surface area contributed by atoms with Crippen molar-refractivity contribution in [2.24, 2.45) is 0 Å². The van der Waals surface area contributed by atoms with E-state index >= 15 is 0 Å². The third kappa shape index (κ3) is 3.30. The molecule has 122 valence electrons. The van der Waals surface area contributed by atoms with Crippen LogP contribution in [0.15, 0.2) is 59.0 Å². The summed E-state index contributed by atoms with van der Waals surface area (Å²) < 4.78 is 10.5. The van der Waals surface area contributed by atoms with Crippen molar-refractivity contribution >= 4 is 28.4 Å². The van der Waals surface area contributed by atoms with Crippen LogP contribution in [-0.2, 0) is 4.74 Å². The van der Waals surface area contributed by atoms with Gasteiger partial charge in [0.1, 0.15) is 5.58 Å². The predicted molar refractivity (Wildman–Crippen MR) is 91.6 cm³/mol. The first-order chi connectivity index (χ1) is 11.5. The lowest BCUT2D eigenvalue weighted by atomic mass is 10.2. The normalized spacial score (nSPS) is 10.6. The van der Waals surface area contributed by atoms with Crippen LogP contribution in [0.1, 0.15) is 20.9 Å². The van der Waals surface area contributed by atoms with Crippen molar-refractivity contribution in [1.82, 2.24) is 0 Å². The van der Waals surface area contributed by atoms with Gasteiger partial charge in [0.25, 0.3) is 0 Å². The first-order valence-electron chi connectivity index (χ1n) is 7.51. The molecule has 3 aromatic rings. The van der Waals surface area contributed by atoms with E-state index < -0.39 is 5.97 Å². The monoisotopic (exact) mass is 323 g/mol. The summed E-state index contributed by atoms with van der Waals surface area (Å²) in [5, 5.41) is 0.839. The molecule has 5 nitrogen and oxygen atoms in total. The molecule has 0 unspecified atom stereocenters. The van der Waals surface area contributed by atoms with Gasteiger partial charge in [0.15, 0.2) is 12.4 Å².